The highest BCUT2D eigenvalue weighted by Crippen LogP contribution is 2.08. The number of hydrogen-bond donors (Lipinski definition) is 1. The first-order chi connectivity index (χ1) is 6.94. The van der Waals surface area contributed by atoms with Crippen LogP contribution in [0.3, 0.4) is 0 Å². The van der Waals surface area contributed by atoms with E-state index in [9.17, 15) is 4.79 Å². The zero-order chi connectivity index (χ0) is 11.9. The molecule has 4 nitrogen and oxygen atoms in total. The fraction of sp³-hybridized carbons (Fsp3) is 0.909. The standard InChI is InChI=1S/C11H23NO3/c1-5-7-9(3)15-8-11(4,12)10(13)14-6-2/h9H,5-8,12H2,1-4H3. The Labute approximate surface area is 92.1 Å². The molecule has 0 aliphatic carbocycles. The maximum Gasteiger partial charge on any atom is 0.328 e. The van der Waals surface area contributed by atoms with Crippen molar-refractivity contribution >= 4 is 5.97 Å². The summed E-state index contributed by atoms with van der Waals surface area (Å²) in [5, 5.41) is 0. The van der Waals surface area contributed by atoms with Crippen LogP contribution in [0.15, 0.2) is 0 Å². The fourth-order valence-electron chi connectivity index (χ4n) is 1.16. The maximum atomic E-state index is 11.4. The molecule has 2 N–H and O–H groups in total. The van der Waals surface area contributed by atoms with E-state index in [1.54, 1.807) is 13.8 Å². The van der Waals surface area contributed by atoms with Crippen LogP contribution in [-0.2, 0) is 14.3 Å². The molecule has 4 heteroatoms. The van der Waals surface area contributed by atoms with Gasteiger partial charge in [-0.2, -0.15) is 0 Å². The Morgan fingerprint density at radius 1 is 1.47 bits per heavy atom. The van der Waals surface area contributed by atoms with Gasteiger partial charge in [0.25, 0.3) is 0 Å². The molecule has 0 rings (SSSR count). The van der Waals surface area contributed by atoms with Gasteiger partial charge < -0.3 is 15.2 Å². The maximum absolute atomic E-state index is 11.4. The fourth-order valence-corrected chi connectivity index (χ4v) is 1.16. The lowest BCUT2D eigenvalue weighted by atomic mass is 10.1. The highest BCUT2D eigenvalue weighted by Gasteiger charge is 2.30. The highest BCUT2D eigenvalue weighted by molar-refractivity contribution is 5.80. The lowest BCUT2D eigenvalue weighted by Gasteiger charge is -2.24. The van der Waals surface area contributed by atoms with Crippen LogP contribution in [0.5, 0.6) is 0 Å². The first-order valence-electron chi connectivity index (χ1n) is 5.51. The van der Waals surface area contributed by atoms with Gasteiger partial charge in [0.1, 0.15) is 5.54 Å². The Balaban J connectivity index is 3.97. The Morgan fingerprint density at radius 3 is 2.53 bits per heavy atom. The zero-order valence-electron chi connectivity index (χ0n) is 10.2. The van der Waals surface area contributed by atoms with Crippen LogP contribution >= 0.6 is 0 Å². The van der Waals surface area contributed by atoms with E-state index in [1.807, 2.05) is 6.92 Å². The quantitative estimate of drug-likeness (QED) is 0.656. The number of carbonyl (C=O) groups is 1. The smallest absolute Gasteiger partial charge is 0.328 e. The summed E-state index contributed by atoms with van der Waals surface area (Å²) >= 11 is 0. The van der Waals surface area contributed by atoms with Crippen molar-refractivity contribution in [2.24, 2.45) is 5.73 Å². The van der Waals surface area contributed by atoms with Crippen LogP contribution in [0.4, 0.5) is 0 Å². The van der Waals surface area contributed by atoms with Crippen molar-refractivity contribution in [1.82, 2.24) is 0 Å². The molecule has 0 spiro atoms. The Bertz CT molecular complexity index is 192. The van der Waals surface area contributed by atoms with Crippen molar-refractivity contribution < 1.29 is 14.3 Å². The van der Waals surface area contributed by atoms with Crippen molar-refractivity contribution in [2.45, 2.75) is 52.2 Å². The van der Waals surface area contributed by atoms with Crippen LogP contribution in [0, 0.1) is 0 Å². The minimum atomic E-state index is -1.04. The van der Waals surface area contributed by atoms with Gasteiger partial charge in [0.2, 0.25) is 0 Å². The molecule has 0 amide bonds. The predicted octanol–water partition coefficient (Wildman–Crippen LogP) is 1.47. The molecule has 90 valence electrons. The lowest BCUT2D eigenvalue weighted by molar-refractivity contribution is -0.152. The van der Waals surface area contributed by atoms with E-state index in [0.29, 0.717) is 6.61 Å². The van der Waals surface area contributed by atoms with Crippen molar-refractivity contribution in [2.75, 3.05) is 13.2 Å². The normalized spacial score (nSPS) is 16.9. The summed E-state index contributed by atoms with van der Waals surface area (Å²) in [6, 6.07) is 0. The van der Waals surface area contributed by atoms with Gasteiger partial charge >= 0.3 is 5.97 Å². The van der Waals surface area contributed by atoms with E-state index in [0.717, 1.165) is 12.8 Å². The van der Waals surface area contributed by atoms with E-state index in [2.05, 4.69) is 6.92 Å². The van der Waals surface area contributed by atoms with Gasteiger partial charge in [0, 0.05) is 0 Å². The van der Waals surface area contributed by atoms with E-state index in [4.69, 9.17) is 15.2 Å². The first-order valence-corrected chi connectivity index (χ1v) is 5.51. The first kappa shape index (κ1) is 14.4. The minimum absolute atomic E-state index is 0.132. The molecular weight excluding hydrogens is 194 g/mol. The van der Waals surface area contributed by atoms with Gasteiger partial charge in [-0.05, 0) is 27.2 Å². The van der Waals surface area contributed by atoms with Crippen LogP contribution in [-0.4, -0.2) is 30.8 Å². The number of hydrogen-bond acceptors (Lipinski definition) is 4. The Kier molecular flexibility index (Phi) is 6.52. The lowest BCUT2D eigenvalue weighted by Crippen LogP contribution is -2.50. The molecule has 0 bridgehead atoms. The number of carbonyl (C=O) groups excluding carboxylic acids is 1. The molecule has 0 radical (unpaired) electrons. The van der Waals surface area contributed by atoms with Crippen LogP contribution < -0.4 is 5.73 Å². The van der Waals surface area contributed by atoms with Gasteiger partial charge in [0.05, 0.1) is 19.3 Å². The highest BCUT2D eigenvalue weighted by atomic mass is 16.5. The number of rotatable bonds is 7. The average molecular weight is 217 g/mol. The van der Waals surface area contributed by atoms with Gasteiger partial charge in [-0.3, -0.25) is 0 Å². The van der Waals surface area contributed by atoms with E-state index < -0.39 is 11.5 Å². The SMILES string of the molecule is CCCC(C)OCC(C)(N)C(=O)OCC. The summed E-state index contributed by atoms with van der Waals surface area (Å²) in [4.78, 5) is 11.4. The monoisotopic (exact) mass is 217 g/mol. The summed E-state index contributed by atoms with van der Waals surface area (Å²) in [6.07, 6.45) is 2.16. The molecule has 0 aliphatic heterocycles. The molecule has 0 saturated carbocycles. The van der Waals surface area contributed by atoms with Gasteiger partial charge in [-0.25, -0.2) is 4.79 Å². The van der Waals surface area contributed by atoms with Gasteiger partial charge in [-0.15, -0.1) is 0 Å². The third kappa shape index (κ3) is 5.74. The number of ether oxygens (including phenoxy) is 2. The topological polar surface area (TPSA) is 61.5 Å². The van der Waals surface area contributed by atoms with Gasteiger partial charge in [-0.1, -0.05) is 13.3 Å². The Morgan fingerprint density at radius 2 is 2.07 bits per heavy atom. The molecule has 0 aromatic rings. The van der Waals surface area contributed by atoms with Crippen LogP contribution in [0.1, 0.15) is 40.5 Å². The van der Waals surface area contributed by atoms with Crippen molar-refractivity contribution in [3.63, 3.8) is 0 Å². The molecule has 2 atom stereocenters. The average Bonchev–Trinajstić information content (AvgIpc) is 2.16. The van der Waals surface area contributed by atoms with Crippen LogP contribution in [0.2, 0.25) is 0 Å². The molecule has 15 heavy (non-hydrogen) atoms. The second-order valence-electron chi connectivity index (χ2n) is 4.05. The molecule has 0 aromatic carbocycles. The second kappa shape index (κ2) is 6.80. The summed E-state index contributed by atoms with van der Waals surface area (Å²) < 4.78 is 10.3. The summed E-state index contributed by atoms with van der Waals surface area (Å²) in [5.74, 6) is -0.409. The second-order valence-corrected chi connectivity index (χ2v) is 4.05. The molecule has 2 unspecified atom stereocenters. The van der Waals surface area contributed by atoms with Gasteiger partial charge in [0.15, 0.2) is 0 Å². The largest absolute Gasteiger partial charge is 0.465 e. The van der Waals surface area contributed by atoms with E-state index in [1.165, 1.54) is 0 Å². The van der Waals surface area contributed by atoms with Crippen molar-refractivity contribution in [1.29, 1.82) is 0 Å². The van der Waals surface area contributed by atoms with Crippen molar-refractivity contribution in [3.8, 4) is 0 Å². The molecular formula is C11H23NO3. The third-order valence-corrected chi connectivity index (χ3v) is 2.10. The molecule has 0 saturated heterocycles. The minimum Gasteiger partial charge on any atom is -0.465 e. The molecule has 0 aliphatic rings. The Hall–Kier alpha value is -0.610. The molecule has 0 heterocycles. The van der Waals surface area contributed by atoms with E-state index >= 15 is 0 Å². The summed E-state index contributed by atoms with van der Waals surface area (Å²) in [7, 11) is 0. The third-order valence-electron chi connectivity index (χ3n) is 2.10. The summed E-state index contributed by atoms with van der Waals surface area (Å²) in [6.45, 7) is 8.00. The molecule has 0 fully saturated rings. The van der Waals surface area contributed by atoms with E-state index in [-0.39, 0.29) is 12.7 Å². The predicted molar refractivity (Wildman–Crippen MR) is 59.5 cm³/mol. The van der Waals surface area contributed by atoms with Crippen molar-refractivity contribution in [3.05, 3.63) is 0 Å². The number of nitrogens with two attached hydrogens (primary N) is 1. The molecule has 0 aromatic heterocycles. The summed E-state index contributed by atoms with van der Waals surface area (Å²) in [5.41, 5.74) is 4.75. The van der Waals surface area contributed by atoms with Crippen LogP contribution in [0.25, 0.3) is 0 Å². The number of esters is 1. The zero-order valence-corrected chi connectivity index (χ0v) is 10.2.